The van der Waals surface area contributed by atoms with Crippen molar-refractivity contribution in [2.75, 3.05) is 0 Å². The molecule has 1 aromatic heterocycles. The van der Waals surface area contributed by atoms with Crippen molar-refractivity contribution >= 4 is 11.6 Å². The van der Waals surface area contributed by atoms with Crippen LogP contribution in [0.5, 0.6) is 0 Å². The highest BCUT2D eigenvalue weighted by Crippen LogP contribution is 2.30. The van der Waals surface area contributed by atoms with Crippen molar-refractivity contribution in [3.8, 4) is 11.3 Å². The second-order valence-electron chi connectivity index (χ2n) is 4.41. The fourth-order valence-corrected chi connectivity index (χ4v) is 2.51. The summed E-state index contributed by atoms with van der Waals surface area (Å²) in [6, 6.07) is 7.22. The third kappa shape index (κ3) is 1.23. The predicted molar refractivity (Wildman–Crippen MR) is 65.4 cm³/mol. The van der Waals surface area contributed by atoms with Gasteiger partial charge in [0.2, 0.25) is 11.5 Å². The van der Waals surface area contributed by atoms with Crippen LogP contribution in [0.15, 0.2) is 24.3 Å². The summed E-state index contributed by atoms with van der Waals surface area (Å²) in [5.41, 5.74) is 2.53. The number of Topliss-reactive ketones (excluding diaryl/α,β-unsaturated/α-hetero) is 2. The van der Waals surface area contributed by atoms with E-state index in [0.717, 1.165) is 23.5 Å². The molecule has 0 saturated heterocycles. The van der Waals surface area contributed by atoms with Crippen molar-refractivity contribution in [2.24, 2.45) is 7.05 Å². The fraction of sp³-hybridized carbons (Fsp3) is 0.214. The summed E-state index contributed by atoms with van der Waals surface area (Å²) in [4.78, 5) is 27.4. The van der Waals surface area contributed by atoms with Gasteiger partial charge in [0.1, 0.15) is 0 Å². The van der Waals surface area contributed by atoms with E-state index in [0.29, 0.717) is 11.3 Å². The second kappa shape index (κ2) is 3.63. The first kappa shape index (κ1) is 10.9. The Labute approximate surface area is 104 Å². The summed E-state index contributed by atoms with van der Waals surface area (Å²) in [5, 5.41) is 0. The van der Waals surface area contributed by atoms with Crippen LogP contribution < -0.4 is 4.57 Å². The Morgan fingerprint density at radius 2 is 1.78 bits per heavy atom. The molecule has 0 spiro atoms. The zero-order chi connectivity index (χ0) is 12.9. The van der Waals surface area contributed by atoms with Crippen LogP contribution in [-0.4, -0.2) is 16.6 Å². The Hall–Kier alpha value is -2.23. The molecule has 2 aromatic rings. The number of fused-ring (bicyclic) bond motifs is 3. The van der Waals surface area contributed by atoms with Gasteiger partial charge in [-0.3, -0.25) is 9.59 Å². The summed E-state index contributed by atoms with van der Waals surface area (Å²) < 4.78 is 1.78. The molecule has 90 valence electrons. The summed E-state index contributed by atoms with van der Waals surface area (Å²) in [6.45, 7) is 2.01. The third-order valence-electron chi connectivity index (χ3n) is 3.44. The minimum atomic E-state index is -0.429. The Morgan fingerprint density at radius 3 is 2.44 bits per heavy atom. The van der Waals surface area contributed by atoms with Gasteiger partial charge in [0.05, 0.1) is 7.05 Å². The third-order valence-corrected chi connectivity index (χ3v) is 3.44. The van der Waals surface area contributed by atoms with Crippen molar-refractivity contribution in [1.82, 2.24) is 4.98 Å². The van der Waals surface area contributed by atoms with Gasteiger partial charge in [0.15, 0.2) is 5.69 Å². The van der Waals surface area contributed by atoms with Crippen LogP contribution in [0, 0.1) is 0 Å². The van der Waals surface area contributed by atoms with Gasteiger partial charge in [0.25, 0.3) is 11.6 Å². The van der Waals surface area contributed by atoms with E-state index in [-0.39, 0.29) is 0 Å². The molecule has 0 bridgehead atoms. The smallest absolute Gasteiger partial charge is 0.277 e. The zero-order valence-corrected chi connectivity index (χ0v) is 10.3. The number of benzene rings is 1. The number of carbonyl (C=O) groups is 2. The number of imidazole rings is 1. The Balaban J connectivity index is 2.39. The number of hydrogen-bond acceptors (Lipinski definition) is 2. The van der Waals surface area contributed by atoms with E-state index < -0.39 is 11.6 Å². The SMILES string of the molecule is CCc1[nH]c2c([n+]1C)C(=O)C(=O)c1ccccc1-2. The summed E-state index contributed by atoms with van der Waals surface area (Å²) in [5.74, 6) is 0.0929. The van der Waals surface area contributed by atoms with Crippen LogP contribution in [0.1, 0.15) is 33.6 Å². The largest absolute Gasteiger partial charge is 0.285 e. The van der Waals surface area contributed by atoms with Crippen LogP contribution in [0.25, 0.3) is 11.3 Å². The topological polar surface area (TPSA) is 53.8 Å². The van der Waals surface area contributed by atoms with Gasteiger partial charge in [-0.05, 0) is 6.07 Å². The van der Waals surface area contributed by atoms with Gasteiger partial charge in [0, 0.05) is 17.5 Å². The van der Waals surface area contributed by atoms with E-state index in [1.54, 1.807) is 16.7 Å². The summed E-state index contributed by atoms with van der Waals surface area (Å²) >= 11 is 0. The number of rotatable bonds is 1. The zero-order valence-electron chi connectivity index (χ0n) is 10.3. The maximum absolute atomic E-state index is 12.1. The fourth-order valence-electron chi connectivity index (χ4n) is 2.51. The molecule has 18 heavy (non-hydrogen) atoms. The average Bonchev–Trinajstić information content (AvgIpc) is 2.73. The minimum absolute atomic E-state index is 0.421. The quantitative estimate of drug-likeness (QED) is 0.607. The molecule has 4 heteroatoms. The lowest BCUT2D eigenvalue weighted by atomic mass is 9.90. The number of H-pyrrole nitrogens is 1. The van der Waals surface area contributed by atoms with Gasteiger partial charge in [-0.1, -0.05) is 25.1 Å². The number of carbonyl (C=O) groups excluding carboxylic acids is 2. The molecule has 1 N–H and O–H groups in total. The molecule has 4 nitrogen and oxygen atoms in total. The highest BCUT2D eigenvalue weighted by molar-refractivity contribution is 6.51. The molecule has 1 aromatic carbocycles. The molecule has 0 fully saturated rings. The number of aryl methyl sites for hydroxylation is 1. The molecular formula is C14H13N2O2+. The molecule has 0 aliphatic heterocycles. The first-order valence-electron chi connectivity index (χ1n) is 5.94. The molecule has 0 unspecified atom stereocenters. The van der Waals surface area contributed by atoms with Crippen LogP contribution >= 0.6 is 0 Å². The van der Waals surface area contributed by atoms with Crippen molar-refractivity contribution < 1.29 is 14.2 Å². The van der Waals surface area contributed by atoms with E-state index in [1.807, 2.05) is 26.1 Å². The molecule has 1 aliphatic carbocycles. The molecular weight excluding hydrogens is 228 g/mol. The summed E-state index contributed by atoms with van der Waals surface area (Å²) in [7, 11) is 1.81. The van der Waals surface area contributed by atoms with Crippen molar-refractivity contribution in [2.45, 2.75) is 13.3 Å². The van der Waals surface area contributed by atoms with Crippen molar-refractivity contribution in [3.05, 3.63) is 41.3 Å². The number of ketones is 2. The molecule has 3 rings (SSSR count). The van der Waals surface area contributed by atoms with Gasteiger partial charge in [-0.2, -0.15) is 0 Å². The van der Waals surface area contributed by atoms with E-state index in [2.05, 4.69) is 4.98 Å². The lowest BCUT2D eigenvalue weighted by Gasteiger charge is -2.10. The van der Waals surface area contributed by atoms with Gasteiger partial charge in [-0.25, -0.2) is 9.55 Å². The molecule has 0 atom stereocenters. The van der Waals surface area contributed by atoms with Crippen LogP contribution in [0.3, 0.4) is 0 Å². The Kier molecular flexibility index (Phi) is 2.20. The average molecular weight is 241 g/mol. The maximum atomic E-state index is 12.1. The molecule has 1 aliphatic rings. The Bertz CT molecular complexity index is 683. The minimum Gasteiger partial charge on any atom is -0.285 e. The van der Waals surface area contributed by atoms with Gasteiger partial charge < -0.3 is 0 Å². The predicted octanol–water partition coefficient (Wildman–Crippen LogP) is 1.45. The lowest BCUT2D eigenvalue weighted by Crippen LogP contribution is -2.40. The monoisotopic (exact) mass is 241 g/mol. The number of aromatic amines is 1. The van der Waals surface area contributed by atoms with E-state index in [9.17, 15) is 9.59 Å². The molecule has 0 saturated carbocycles. The molecule has 0 radical (unpaired) electrons. The van der Waals surface area contributed by atoms with E-state index in [4.69, 9.17) is 0 Å². The first-order chi connectivity index (χ1) is 8.65. The number of nitrogens with one attached hydrogen (secondary N) is 1. The molecule has 0 amide bonds. The highest BCUT2D eigenvalue weighted by Gasteiger charge is 2.39. The number of hydrogen-bond donors (Lipinski definition) is 1. The van der Waals surface area contributed by atoms with Crippen LogP contribution in [-0.2, 0) is 13.5 Å². The van der Waals surface area contributed by atoms with Gasteiger partial charge in [-0.15, -0.1) is 0 Å². The summed E-state index contributed by atoms with van der Waals surface area (Å²) in [6.07, 6.45) is 0.785. The van der Waals surface area contributed by atoms with Gasteiger partial charge >= 0.3 is 0 Å². The van der Waals surface area contributed by atoms with Crippen LogP contribution in [0.2, 0.25) is 0 Å². The number of nitrogens with zero attached hydrogens (tertiary/aromatic N) is 1. The number of aromatic nitrogens is 2. The van der Waals surface area contributed by atoms with Crippen molar-refractivity contribution in [1.29, 1.82) is 0 Å². The molecule has 1 heterocycles. The van der Waals surface area contributed by atoms with Crippen LogP contribution in [0.4, 0.5) is 0 Å². The lowest BCUT2D eigenvalue weighted by molar-refractivity contribution is -0.679. The second-order valence-corrected chi connectivity index (χ2v) is 4.41. The maximum Gasteiger partial charge on any atom is 0.277 e. The van der Waals surface area contributed by atoms with Crippen molar-refractivity contribution in [3.63, 3.8) is 0 Å². The first-order valence-corrected chi connectivity index (χ1v) is 5.94. The standard InChI is InChI=1S/C14H12N2O2/c1-3-10-15-11-8-6-4-5-7-9(8)13(17)14(18)12(11)16(10)2/h4-7H,3H2,1-2H3/p+1. The highest BCUT2D eigenvalue weighted by atomic mass is 16.2. The van der Waals surface area contributed by atoms with E-state index in [1.165, 1.54) is 0 Å². The normalized spacial score (nSPS) is 13.4. The Morgan fingerprint density at radius 1 is 1.11 bits per heavy atom. The van der Waals surface area contributed by atoms with E-state index >= 15 is 0 Å².